The normalized spacial score (nSPS) is 16.8. The molecule has 1 aliphatic heterocycles. The van der Waals surface area contributed by atoms with Crippen molar-refractivity contribution in [3.63, 3.8) is 0 Å². The van der Waals surface area contributed by atoms with Gasteiger partial charge in [0.2, 0.25) is 5.91 Å². The third-order valence-electron chi connectivity index (χ3n) is 3.06. The standard InChI is InChI=1S/C13H20N4O3/c1-19-9-11(14)13(18)16-12-3-2-10(8-15-12)17-4-6-20-7-5-17/h2-3,8,11H,4-7,9,14H2,1H3,(H,15,16,18). The van der Waals surface area contributed by atoms with Crippen LogP contribution in [0, 0.1) is 0 Å². The van der Waals surface area contributed by atoms with Gasteiger partial charge in [0.1, 0.15) is 11.9 Å². The van der Waals surface area contributed by atoms with Gasteiger partial charge in [0.15, 0.2) is 0 Å². The van der Waals surface area contributed by atoms with Gasteiger partial charge < -0.3 is 25.4 Å². The van der Waals surface area contributed by atoms with Crippen molar-refractivity contribution in [1.82, 2.24) is 4.98 Å². The van der Waals surface area contributed by atoms with Crippen LogP contribution in [0.25, 0.3) is 0 Å². The Bertz CT molecular complexity index is 432. The third kappa shape index (κ3) is 3.89. The Morgan fingerprint density at radius 2 is 2.30 bits per heavy atom. The fourth-order valence-electron chi connectivity index (χ4n) is 1.94. The molecule has 1 saturated heterocycles. The number of nitrogens with one attached hydrogen (secondary N) is 1. The van der Waals surface area contributed by atoms with Crippen LogP contribution in [0.2, 0.25) is 0 Å². The molecule has 1 atom stereocenters. The van der Waals surface area contributed by atoms with Gasteiger partial charge in [-0.3, -0.25) is 4.79 Å². The van der Waals surface area contributed by atoms with E-state index in [1.54, 1.807) is 12.3 Å². The van der Waals surface area contributed by atoms with Crippen LogP contribution in [0.4, 0.5) is 11.5 Å². The van der Waals surface area contributed by atoms with Gasteiger partial charge in [0, 0.05) is 20.2 Å². The smallest absolute Gasteiger partial charge is 0.244 e. The minimum absolute atomic E-state index is 0.178. The largest absolute Gasteiger partial charge is 0.383 e. The number of rotatable bonds is 5. The number of carbonyl (C=O) groups excluding carboxylic acids is 1. The molecule has 1 aromatic rings. The molecule has 110 valence electrons. The van der Waals surface area contributed by atoms with Crippen LogP contribution in [-0.2, 0) is 14.3 Å². The number of amides is 1. The van der Waals surface area contributed by atoms with Crippen LogP contribution in [0.5, 0.6) is 0 Å². The molecule has 2 heterocycles. The highest BCUT2D eigenvalue weighted by molar-refractivity contribution is 5.94. The third-order valence-corrected chi connectivity index (χ3v) is 3.06. The van der Waals surface area contributed by atoms with Crippen molar-refractivity contribution < 1.29 is 14.3 Å². The molecule has 1 fully saturated rings. The first-order chi connectivity index (χ1) is 9.70. The Kier molecular flexibility index (Phi) is 5.28. The molecule has 0 aromatic carbocycles. The Morgan fingerprint density at radius 1 is 1.55 bits per heavy atom. The van der Waals surface area contributed by atoms with Gasteiger partial charge >= 0.3 is 0 Å². The second-order valence-corrected chi connectivity index (χ2v) is 4.55. The zero-order valence-electron chi connectivity index (χ0n) is 11.5. The van der Waals surface area contributed by atoms with E-state index in [9.17, 15) is 4.79 Å². The Morgan fingerprint density at radius 3 is 2.90 bits per heavy atom. The van der Waals surface area contributed by atoms with E-state index >= 15 is 0 Å². The minimum Gasteiger partial charge on any atom is -0.383 e. The summed E-state index contributed by atoms with van der Waals surface area (Å²) in [5.41, 5.74) is 6.66. The molecule has 0 bridgehead atoms. The number of carbonyl (C=O) groups is 1. The maximum Gasteiger partial charge on any atom is 0.244 e. The number of ether oxygens (including phenoxy) is 2. The number of pyridine rings is 1. The molecule has 0 aliphatic carbocycles. The van der Waals surface area contributed by atoms with Gasteiger partial charge in [-0.25, -0.2) is 4.98 Å². The summed E-state index contributed by atoms with van der Waals surface area (Å²) in [6, 6.07) is 3.00. The summed E-state index contributed by atoms with van der Waals surface area (Å²) < 4.78 is 10.1. The number of anilines is 2. The molecule has 20 heavy (non-hydrogen) atoms. The van der Waals surface area contributed by atoms with Crippen molar-refractivity contribution in [3.8, 4) is 0 Å². The SMILES string of the molecule is COCC(N)C(=O)Nc1ccc(N2CCOCC2)cn1. The predicted molar refractivity (Wildman–Crippen MR) is 75.8 cm³/mol. The van der Waals surface area contributed by atoms with Gasteiger partial charge in [-0.1, -0.05) is 0 Å². The van der Waals surface area contributed by atoms with Crippen molar-refractivity contribution in [2.75, 3.05) is 50.2 Å². The maximum absolute atomic E-state index is 11.7. The molecule has 1 unspecified atom stereocenters. The molecule has 1 aromatic heterocycles. The lowest BCUT2D eigenvalue weighted by Gasteiger charge is -2.28. The van der Waals surface area contributed by atoms with E-state index in [4.69, 9.17) is 15.2 Å². The summed E-state index contributed by atoms with van der Waals surface area (Å²) in [4.78, 5) is 18.1. The molecular weight excluding hydrogens is 260 g/mol. The zero-order valence-corrected chi connectivity index (χ0v) is 11.5. The van der Waals surface area contributed by atoms with E-state index in [2.05, 4.69) is 15.2 Å². The highest BCUT2D eigenvalue weighted by Crippen LogP contribution is 2.16. The number of nitrogens with two attached hydrogens (primary N) is 1. The maximum atomic E-state index is 11.7. The van der Waals surface area contributed by atoms with Gasteiger partial charge in [0.05, 0.1) is 31.7 Å². The van der Waals surface area contributed by atoms with Gasteiger partial charge in [-0.15, -0.1) is 0 Å². The Labute approximate surface area is 118 Å². The fourth-order valence-corrected chi connectivity index (χ4v) is 1.94. The molecule has 1 amide bonds. The van der Waals surface area contributed by atoms with E-state index in [1.165, 1.54) is 7.11 Å². The Hall–Kier alpha value is -1.70. The fraction of sp³-hybridized carbons (Fsp3) is 0.538. The summed E-state index contributed by atoms with van der Waals surface area (Å²) in [6.07, 6.45) is 1.74. The average molecular weight is 280 g/mol. The monoisotopic (exact) mass is 280 g/mol. The number of aromatic nitrogens is 1. The van der Waals surface area contributed by atoms with Crippen molar-refractivity contribution in [1.29, 1.82) is 0 Å². The quantitative estimate of drug-likeness (QED) is 0.778. The van der Waals surface area contributed by atoms with Crippen molar-refractivity contribution in [3.05, 3.63) is 18.3 Å². The average Bonchev–Trinajstić information content (AvgIpc) is 2.49. The summed E-state index contributed by atoms with van der Waals surface area (Å²) in [5.74, 6) is 0.178. The number of hydrogen-bond donors (Lipinski definition) is 2. The van der Waals surface area contributed by atoms with Crippen molar-refractivity contribution in [2.24, 2.45) is 5.73 Å². The minimum atomic E-state index is -0.694. The first-order valence-electron chi connectivity index (χ1n) is 6.55. The molecular formula is C13H20N4O3. The van der Waals surface area contributed by atoms with Crippen LogP contribution >= 0.6 is 0 Å². The Balaban J connectivity index is 1.92. The lowest BCUT2D eigenvalue weighted by atomic mass is 10.3. The summed E-state index contributed by atoms with van der Waals surface area (Å²) in [6.45, 7) is 3.34. The zero-order chi connectivity index (χ0) is 14.4. The number of methoxy groups -OCH3 is 1. The van der Waals surface area contributed by atoms with Gasteiger partial charge in [-0.05, 0) is 12.1 Å². The van der Waals surface area contributed by atoms with E-state index in [-0.39, 0.29) is 12.5 Å². The molecule has 0 radical (unpaired) electrons. The van der Waals surface area contributed by atoms with Gasteiger partial charge in [0.25, 0.3) is 0 Å². The summed E-state index contributed by atoms with van der Waals surface area (Å²) in [7, 11) is 1.50. The van der Waals surface area contributed by atoms with Crippen molar-refractivity contribution in [2.45, 2.75) is 6.04 Å². The van der Waals surface area contributed by atoms with Gasteiger partial charge in [-0.2, -0.15) is 0 Å². The van der Waals surface area contributed by atoms with E-state index in [1.807, 2.05) is 6.07 Å². The number of hydrogen-bond acceptors (Lipinski definition) is 6. The lowest BCUT2D eigenvalue weighted by Crippen LogP contribution is -2.39. The molecule has 7 heteroatoms. The van der Waals surface area contributed by atoms with Crippen LogP contribution in [-0.4, -0.2) is 57.0 Å². The molecule has 1 aliphatic rings. The highest BCUT2D eigenvalue weighted by Gasteiger charge is 2.15. The van der Waals surface area contributed by atoms with Crippen LogP contribution in [0.15, 0.2) is 18.3 Å². The highest BCUT2D eigenvalue weighted by atomic mass is 16.5. The topological polar surface area (TPSA) is 89.7 Å². The molecule has 3 N–H and O–H groups in total. The first kappa shape index (κ1) is 14.7. The summed E-state index contributed by atoms with van der Waals surface area (Å²) >= 11 is 0. The second-order valence-electron chi connectivity index (χ2n) is 4.55. The predicted octanol–water partition coefficient (Wildman–Crippen LogP) is -0.170. The molecule has 2 rings (SSSR count). The molecule has 0 saturated carbocycles. The number of morpholine rings is 1. The van der Waals surface area contributed by atoms with Crippen LogP contribution < -0.4 is 16.0 Å². The van der Waals surface area contributed by atoms with Crippen LogP contribution in [0.3, 0.4) is 0 Å². The second kappa shape index (κ2) is 7.18. The summed E-state index contributed by atoms with van der Waals surface area (Å²) in [5, 5.41) is 2.66. The van der Waals surface area contributed by atoms with E-state index in [0.717, 1.165) is 32.0 Å². The first-order valence-corrected chi connectivity index (χ1v) is 6.55. The van der Waals surface area contributed by atoms with E-state index in [0.29, 0.717) is 5.82 Å². The van der Waals surface area contributed by atoms with E-state index < -0.39 is 6.04 Å². The molecule has 7 nitrogen and oxygen atoms in total. The molecule has 0 spiro atoms. The number of nitrogens with zero attached hydrogens (tertiary/aromatic N) is 2. The lowest BCUT2D eigenvalue weighted by molar-refractivity contribution is -0.118. The van der Waals surface area contributed by atoms with Crippen molar-refractivity contribution >= 4 is 17.4 Å². The van der Waals surface area contributed by atoms with Crippen LogP contribution in [0.1, 0.15) is 0 Å².